The van der Waals surface area contributed by atoms with Gasteiger partial charge in [0, 0.05) is 38.1 Å². The maximum absolute atomic E-state index is 12.1. The van der Waals surface area contributed by atoms with Gasteiger partial charge in [0.1, 0.15) is 0 Å². The largest absolute Gasteiger partial charge is 0.340 e. The first-order chi connectivity index (χ1) is 8.79. The van der Waals surface area contributed by atoms with Crippen molar-refractivity contribution in [2.75, 3.05) is 38.1 Å². The van der Waals surface area contributed by atoms with E-state index >= 15 is 0 Å². The number of halogens is 1. The third-order valence-corrected chi connectivity index (χ3v) is 3.68. The summed E-state index contributed by atoms with van der Waals surface area (Å²) in [6.07, 6.45) is 0.527. The Hall–Kier alpha value is -0.870. The van der Waals surface area contributed by atoms with Crippen LogP contribution in [0.15, 0.2) is 30.3 Å². The van der Waals surface area contributed by atoms with Crippen molar-refractivity contribution in [2.45, 2.75) is 6.42 Å². The van der Waals surface area contributed by atoms with Gasteiger partial charge < -0.3 is 4.90 Å². The molecule has 0 spiro atoms. The molecule has 0 aromatic heterocycles. The predicted molar refractivity (Wildman–Crippen MR) is 77.0 cm³/mol. The normalized spacial score (nSPS) is 16.8. The molecule has 1 amide bonds. The number of rotatable bonds is 4. The van der Waals surface area contributed by atoms with Crippen LogP contribution >= 0.6 is 15.9 Å². The minimum Gasteiger partial charge on any atom is -0.340 e. The first-order valence-corrected chi connectivity index (χ1v) is 7.52. The van der Waals surface area contributed by atoms with Crippen molar-refractivity contribution >= 4 is 21.8 Å². The summed E-state index contributed by atoms with van der Waals surface area (Å²) in [7, 11) is 0. The molecule has 0 aliphatic carbocycles. The lowest BCUT2D eigenvalue weighted by Crippen LogP contribution is -2.49. The van der Waals surface area contributed by atoms with Crippen molar-refractivity contribution in [1.29, 1.82) is 0 Å². The highest BCUT2D eigenvalue weighted by Gasteiger charge is 2.20. The molecule has 3 nitrogen and oxygen atoms in total. The second-order valence-corrected chi connectivity index (χ2v) is 5.37. The summed E-state index contributed by atoms with van der Waals surface area (Å²) in [4.78, 5) is 16.5. The highest BCUT2D eigenvalue weighted by Crippen LogP contribution is 2.07. The summed E-state index contributed by atoms with van der Waals surface area (Å²) in [5.41, 5.74) is 1.10. The number of nitrogens with zero attached hydrogens (tertiary/aromatic N) is 2. The predicted octanol–water partition coefficient (Wildman–Crippen LogP) is 1.77. The lowest BCUT2D eigenvalue weighted by atomic mass is 10.1. The van der Waals surface area contributed by atoms with Gasteiger partial charge in [0.25, 0.3) is 0 Å². The van der Waals surface area contributed by atoms with Crippen LogP contribution in [-0.4, -0.2) is 53.8 Å². The molecule has 0 bridgehead atoms. The highest BCUT2D eigenvalue weighted by molar-refractivity contribution is 9.09. The Bertz CT molecular complexity index is 375. The second kappa shape index (κ2) is 6.90. The van der Waals surface area contributed by atoms with Crippen molar-refractivity contribution in [3.8, 4) is 0 Å². The van der Waals surface area contributed by atoms with Crippen molar-refractivity contribution in [1.82, 2.24) is 9.80 Å². The van der Waals surface area contributed by atoms with Crippen LogP contribution in [0.25, 0.3) is 0 Å². The van der Waals surface area contributed by atoms with Crippen LogP contribution in [0, 0.1) is 0 Å². The van der Waals surface area contributed by atoms with Crippen LogP contribution in [0.3, 0.4) is 0 Å². The third kappa shape index (κ3) is 3.82. The number of carbonyl (C=O) groups excluding carboxylic acids is 1. The fourth-order valence-electron chi connectivity index (χ4n) is 2.22. The molecule has 0 N–H and O–H groups in total. The summed E-state index contributed by atoms with van der Waals surface area (Å²) in [6, 6.07) is 9.97. The number of carbonyl (C=O) groups is 1. The van der Waals surface area contributed by atoms with E-state index < -0.39 is 0 Å². The van der Waals surface area contributed by atoms with E-state index in [0.717, 1.165) is 43.6 Å². The van der Waals surface area contributed by atoms with E-state index in [1.807, 2.05) is 35.2 Å². The zero-order valence-electron chi connectivity index (χ0n) is 10.5. The molecular weight excluding hydrogens is 292 g/mol. The quantitative estimate of drug-likeness (QED) is 0.791. The summed E-state index contributed by atoms with van der Waals surface area (Å²) in [5, 5.41) is 1.00. The fourth-order valence-corrected chi connectivity index (χ4v) is 2.72. The number of hydrogen-bond acceptors (Lipinski definition) is 2. The Kier molecular flexibility index (Phi) is 5.20. The van der Waals surface area contributed by atoms with E-state index in [1.54, 1.807) is 0 Å². The molecule has 0 unspecified atom stereocenters. The first-order valence-electron chi connectivity index (χ1n) is 6.39. The molecule has 1 heterocycles. The SMILES string of the molecule is O=C(Cc1ccccc1)N1CCN(CCBr)CC1. The number of hydrogen-bond donors (Lipinski definition) is 0. The van der Waals surface area contributed by atoms with E-state index in [1.165, 1.54) is 0 Å². The van der Waals surface area contributed by atoms with Gasteiger partial charge in [-0.1, -0.05) is 46.3 Å². The number of benzene rings is 1. The Balaban J connectivity index is 1.81. The first kappa shape index (κ1) is 13.6. The van der Waals surface area contributed by atoms with Crippen LogP contribution in [0.4, 0.5) is 0 Å². The molecule has 1 saturated heterocycles. The minimum atomic E-state index is 0.250. The topological polar surface area (TPSA) is 23.6 Å². The van der Waals surface area contributed by atoms with Gasteiger partial charge in [-0.3, -0.25) is 9.69 Å². The van der Waals surface area contributed by atoms with Gasteiger partial charge in [-0.15, -0.1) is 0 Å². The summed E-state index contributed by atoms with van der Waals surface area (Å²) < 4.78 is 0. The van der Waals surface area contributed by atoms with Gasteiger partial charge in [0.15, 0.2) is 0 Å². The van der Waals surface area contributed by atoms with Gasteiger partial charge in [-0.05, 0) is 5.56 Å². The van der Waals surface area contributed by atoms with Crippen LogP contribution < -0.4 is 0 Å². The Morgan fingerprint density at radius 1 is 1.11 bits per heavy atom. The summed E-state index contributed by atoms with van der Waals surface area (Å²) >= 11 is 3.45. The van der Waals surface area contributed by atoms with Crippen LogP contribution in [0.1, 0.15) is 5.56 Å². The molecule has 4 heteroatoms. The molecule has 1 aromatic carbocycles. The van der Waals surface area contributed by atoms with E-state index in [4.69, 9.17) is 0 Å². The molecular formula is C14H19BrN2O. The Labute approximate surface area is 117 Å². The van der Waals surface area contributed by atoms with E-state index in [0.29, 0.717) is 6.42 Å². The summed E-state index contributed by atoms with van der Waals surface area (Å²) in [6.45, 7) is 4.77. The lowest BCUT2D eigenvalue weighted by Gasteiger charge is -2.34. The van der Waals surface area contributed by atoms with Crippen molar-refractivity contribution in [3.05, 3.63) is 35.9 Å². The second-order valence-electron chi connectivity index (χ2n) is 4.57. The van der Waals surface area contributed by atoms with Crippen molar-refractivity contribution < 1.29 is 4.79 Å². The van der Waals surface area contributed by atoms with Gasteiger partial charge in [0.05, 0.1) is 6.42 Å². The van der Waals surface area contributed by atoms with E-state index in [9.17, 15) is 4.79 Å². The lowest BCUT2D eigenvalue weighted by molar-refractivity contribution is -0.132. The van der Waals surface area contributed by atoms with Gasteiger partial charge in [0.2, 0.25) is 5.91 Å². The van der Waals surface area contributed by atoms with Gasteiger partial charge >= 0.3 is 0 Å². The number of alkyl halides is 1. The van der Waals surface area contributed by atoms with Gasteiger partial charge in [-0.25, -0.2) is 0 Å². The molecule has 1 aliphatic heterocycles. The van der Waals surface area contributed by atoms with E-state index in [-0.39, 0.29) is 5.91 Å². The molecule has 0 radical (unpaired) electrons. The van der Waals surface area contributed by atoms with Crippen LogP contribution in [-0.2, 0) is 11.2 Å². The average Bonchev–Trinajstić information content (AvgIpc) is 2.41. The molecule has 0 saturated carbocycles. The standard InChI is InChI=1S/C14H19BrN2O/c15-6-7-16-8-10-17(11-9-16)14(18)12-13-4-2-1-3-5-13/h1-5H,6-12H2. The molecule has 1 aliphatic rings. The van der Waals surface area contributed by atoms with Crippen LogP contribution in [0.5, 0.6) is 0 Å². The van der Waals surface area contributed by atoms with Crippen molar-refractivity contribution in [2.24, 2.45) is 0 Å². The molecule has 1 aromatic rings. The number of piperazine rings is 1. The minimum absolute atomic E-state index is 0.250. The molecule has 1 fully saturated rings. The van der Waals surface area contributed by atoms with Crippen LogP contribution in [0.2, 0.25) is 0 Å². The maximum atomic E-state index is 12.1. The average molecular weight is 311 g/mol. The van der Waals surface area contributed by atoms with Gasteiger partial charge in [-0.2, -0.15) is 0 Å². The monoisotopic (exact) mass is 310 g/mol. The molecule has 2 rings (SSSR count). The Morgan fingerprint density at radius 3 is 2.39 bits per heavy atom. The fraction of sp³-hybridized carbons (Fsp3) is 0.500. The third-order valence-electron chi connectivity index (χ3n) is 3.32. The maximum Gasteiger partial charge on any atom is 0.227 e. The van der Waals surface area contributed by atoms with Crippen molar-refractivity contribution in [3.63, 3.8) is 0 Å². The zero-order chi connectivity index (χ0) is 12.8. The smallest absolute Gasteiger partial charge is 0.227 e. The molecule has 0 atom stereocenters. The Morgan fingerprint density at radius 2 is 1.78 bits per heavy atom. The zero-order valence-corrected chi connectivity index (χ0v) is 12.1. The molecule has 18 heavy (non-hydrogen) atoms. The highest BCUT2D eigenvalue weighted by atomic mass is 79.9. The molecule has 98 valence electrons. The van der Waals surface area contributed by atoms with E-state index in [2.05, 4.69) is 20.8 Å². The summed E-state index contributed by atoms with van der Waals surface area (Å²) in [5.74, 6) is 0.250. The number of amides is 1.